The van der Waals surface area contributed by atoms with Gasteiger partial charge in [0, 0.05) is 0 Å². The zero-order valence-electron chi connectivity index (χ0n) is 20.5. The van der Waals surface area contributed by atoms with Gasteiger partial charge in [-0.25, -0.2) is 0 Å². The minimum Gasteiger partial charge on any atom is -0.491 e. The van der Waals surface area contributed by atoms with Crippen LogP contribution in [0.5, 0.6) is 11.5 Å². The highest BCUT2D eigenvalue weighted by molar-refractivity contribution is 5.71. The monoisotopic (exact) mass is 479 g/mol. The Morgan fingerprint density at radius 1 is 0.676 bits per heavy atom. The summed E-state index contributed by atoms with van der Waals surface area (Å²) in [5.41, 5.74) is 8.21. The standard InChI is InChI=1S/C28H40F3NO2/c1-2-3-4-5-6-7-8-9-10-11-12-13-14-21-33-27-20-17-24(22-26(27)32)23-15-18-25(19-16-23)34-28(29,30)31/h15-20,22H,2-14,21,32H2,1H3. The van der Waals surface area contributed by atoms with Crippen LogP contribution in [-0.4, -0.2) is 13.0 Å². The Morgan fingerprint density at radius 3 is 1.68 bits per heavy atom. The first-order valence-corrected chi connectivity index (χ1v) is 12.8. The number of rotatable bonds is 17. The number of hydrogen-bond donors (Lipinski definition) is 1. The number of ether oxygens (including phenoxy) is 2. The quantitative estimate of drug-likeness (QED) is 0.182. The molecule has 6 heteroatoms. The molecule has 0 unspecified atom stereocenters. The molecule has 0 fully saturated rings. The van der Waals surface area contributed by atoms with Gasteiger partial charge in [0.05, 0.1) is 12.3 Å². The van der Waals surface area contributed by atoms with Crippen LogP contribution in [0.1, 0.15) is 90.4 Å². The van der Waals surface area contributed by atoms with E-state index in [-0.39, 0.29) is 5.75 Å². The van der Waals surface area contributed by atoms with Crippen molar-refractivity contribution in [1.29, 1.82) is 0 Å². The number of anilines is 1. The van der Waals surface area contributed by atoms with Gasteiger partial charge in [0.15, 0.2) is 0 Å². The lowest BCUT2D eigenvalue weighted by Gasteiger charge is -2.12. The molecule has 0 saturated carbocycles. The van der Waals surface area contributed by atoms with Gasteiger partial charge >= 0.3 is 6.36 Å². The van der Waals surface area contributed by atoms with Crippen LogP contribution in [0.2, 0.25) is 0 Å². The molecule has 2 aromatic carbocycles. The van der Waals surface area contributed by atoms with Gasteiger partial charge in [-0.1, -0.05) is 102 Å². The van der Waals surface area contributed by atoms with Crippen LogP contribution in [0, 0.1) is 0 Å². The Balaban J connectivity index is 1.58. The van der Waals surface area contributed by atoms with Gasteiger partial charge in [-0.15, -0.1) is 13.2 Å². The third-order valence-corrected chi connectivity index (χ3v) is 5.94. The molecular weight excluding hydrogens is 439 g/mol. The highest BCUT2D eigenvalue weighted by Gasteiger charge is 2.30. The summed E-state index contributed by atoms with van der Waals surface area (Å²) in [6.45, 7) is 2.89. The van der Waals surface area contributed by atoms with Crippen molar-refractivity contribution >= 4 is 5.69 Å². The first-order chi connectivity index (χ1) is 16.4. The van der Waals surface area contributed by atoms with E-state index in [0.29, 0.717) is 18.0 Å². The predicted molar refractivity (Wildman–Crippen MR) is 134 cm³/mol. The van der Waals surface area contributed by atoms with Gasteiger partial charge in [0.2, 0.25) is 0 Å². The summed E-state index contributed by atoms with van der Waals surface area (Å²) in [5.74, 6) is 0.390. The Hall–Kier alpha value is -2.37. The molecule has 0 amide bonds. The van der Waals surface area contributed by atoms with Crippen LogP contribution in [0.4, 0.5) is 18.9 Å². The largest absolute Gasteiger partial charge is 0.573 e. The summed E-state index contributed by atoms with van der Waals surface area (Å²) < 4.78 is 46.6. The molecule has 2 rings (SSSR count). The molecule has 0 atom stereocenters. The Bertz CT molecular complexity index is 806. The van der Waals surface area contributed by atoms with Crippen LogP contribution in [-0.2, 0) is 0 Å². The number of halogens is 3. The maximum absolute atomic E-state index is 12.3. The molecule has 3 nitrogen and oxygen atoms in total. The number of hydrogen-bond acceptors (Lipinski definition) is 3. The van der Waals surface area contributed by atoms with Crippen molar-refractivity contribution in [3.8, 4) is 22.6 Å². The number of unbranched alkanes of at least 4 members (excludes halogenated alkanes) is 12. The fourth-order valence-corrected chi connectivity index (χ4v) is 4.01. The average Bonchev–Trinajstić information content (AvgIpc) is 2.79. The highest BCUT2D eigenvalue weighted by Crippen LogP contribution is 2.31. The molecule has 0 aliphatic rings. The molecular formula is C28H40F3NO2. The summed E-state index contributed by atoms with van der Waals surface area (Å²) in [4.78, 5) is 0. The third-order valence-electron chi connectivity index (χ3n) is 5.94. The van der Waals surface area contributed by atoms with Crippen LogP contribution in [0.3, 0.4) is 0 Å². The molecule has 0 heterocycles. The lowest BCUT2D eigenvalue weighted by molar-refractivity contribution is -0.274. The van der Waals surface area contributed by atoms with Crippen LogP contribution >= 0.6 is 0 Å². The SMILES string of the molecule is CCCCCCCCCCCCCCCOc1ccc(-c2ccc(OC(F)(F)F)cc2)cc1N. The molecule has 0 aliphatic heterocycles. The fourth-order valence-electron chi connectivity index (χ4n) is 4.01. The van der Waals surface area contributed by atoms with Crippen LogP contribution in [0.15, 0.2) is 42.5 Å². The number of benzene rings is 2. The second kappa shape index (κ2) is 15.5. The molecule has 0 radical (unpaired) electrons. The van der Waals surface area contributed by atoms with E-state index in [0.717, 1.165) is 24.0 Å². The topological polar surface area (TPSA) is 44.5 Å². The third kappa shape index (κ3) is 11.7. The van der Waals surface area contributed by atoms with Gasteiger partial charge in [-0.3, -0.25) is 0 Å². The summed E-state index contributed by atoms with van der Waals surface area (Å²) in [7, 11) is 0. The first-order valence-electron chi connectivity index (χ1n) is 12.8. The molecule has 0 aliphatic carbocycles. The zero-order valence-corrected chi connectivity index (χ0v) is 20.5. The minimum atomic E-state index is -4.70. The van der Waals surface area contributed by atoms with Crippen molar-refractivity contribution in [3.63, 3.8) is 0 Å². The molecule has 0 bridgehead atoms. The van der Waals surface area contributed by atoms with Crippen molar-refractivity contribution in [3.05, 3.63) is 42.5 Å². The zero-order chi connectivity index (χ0) is 24.7. The van der Waals surface area contributed by atoms with E-state index in [1.165, 1.54) is 82.8 Å². The molecule has 190 valence electrons. The van der Waals surface area contributed by atoms with Crippen molar-refractivity contribution in [2.45, 2.75) is 96.8 Å². The smallest absolute Gasteiger partial charge is 0.491 e. The normalized spacial score (nSPS) is 11.5. The van der Waals surface area contributed by atoms with Gasteiger partial charge in [-0.05, 0) is 41.8 Å². The Morgan fingerprint density at radius 2 is 1.18 bits per heavy atom. The van der Waals surface area contributed by atoms with E-state index < -0.39 is 6.36 Å². The maximum Gasteiger partial charge on any atom is 0.573 e. The Labute approximate surface area is 202 Å². The summed E-state index contributed by atoms with van der Waals surface area (Å²) in [6, 6.07) is 11.2. The van der Waals surface area contributed by atoms with Crippen molar-refractivity contribution in [2.75, 3.05) is 12.3 Å². The van der Waals surface area contributed by atoms with Gasteiger partial charge in [0.1, 0.15) is 11.5 Å². The van der Waals surface area contributed by atoms with E-state index in [1.807, 2.05) is 12.1 Å². The van der Waals surface area contributed by atoms with Gasteiger partial charge in [-0.2, -0.15) is 0 Å². The lowest BCUT2D eigenvalue weighted by atomic mass is 10.0. The molecule has 2 N–H and O–H groups in total. The van der Waals surface area contributed by atoms with Crippen LogP contribution < -0.4 is 15.2 Å². The van der Waals surface area contributed by atoms with Gasteiger partial charge in [0.25, 0.3) is 0 Å². The van der Waals surface area contributed by atoms with Crippen molar-refractivity contribution < 1.29 is 22.6 Å². The van der Waals surface area contributed by atoms with E-state index in [1.54, 1.807) is 18.2 Å². The van der Waals surface area contributed by atoms with E-state index in [4.69, 9.17) is 10.5 Å². The molecule has 34 heavy (non-hydrogen) atoms. The van der Waals surface area contributed by atoms with E-state index >= 15 is 0 Å². The summed E-state index contributed by atoms with van der Waals surface area (Å²) >= 11 is 0. The maximum atomic E-state index is 12.3. The fraction of sp³-hybridized carbons (Fsp3) is 0.571. The van der Waals surface area contributed by atoms with Crippen molar-refractivity contribution in [1.82, 2.24) is 0 Å². The number of alkyl halides is 3. The number of nitrogens with two attached hydrogens (primary N) is 1. The van der Waals surface area contributed by atoms with E-state index in [9.17, 15) is 13.2 Å². The molecule has 0 saturated heterocycles. The average molecular weight is 480 g/mol. The molecule has 2 aromatic rings. The Kier molecular flexibility index (Phi) is 12.7. The minimum absolute atomic E-state index is 0.248. The van der Waals surface area contributed by atoms with Crippen LogP contribution in [0.25, 0.3) is 11.1 Å². The number of nitrogen functional groups attached to an aromatic ring is 1. The lowest BCUT2D eigenvalue weighted by Crippen LogP contribution is -2.16. The first kappa shape index (κ1) is 27.9. The summed E-state index contributed by atoms with van der Waals surface area (Å²) in [5, 5.41) is 0. The molecule has 0 aromatic heterocycles. The van der Waals surface area contributed by atoms with E-state index in [2.05, 4.69) is 11.7 Å². The molecule has 0 spiro atoms. The summed E-state index contributed by atoms with van der Waals surface area (Å²) in [6.07, 6.45) is 12.3. The van der Waals surface area contributed by atoms with Gasteiger partial charge < -0.3 is 15.2 Å². The van der Waals surface area contributed by atoms with Crippen molar-refractivity contribution in [2.24, 2.45) is 0 Å². The second-order valence-corrected chi connectivity index (χ2v) is 8.92. The predicted octanol–water partition coefficient (Wildman–Crippen LogP) is 9.30. The highest BCUT2D eigenvalue weighted by atomic mass is 19.4. The second-order valence-electron chi connectivity index (χ2n) is 8.92.